The van der Waals surface area contributed by atoms with E-state index in [4.69, 9.17) is 9.47 Å². The van der Waals surface area contributed by atoms with Crippen LogP contribution in [0.5, 0.6) is 0 Å². The Bertz CT molecular complexity index is 803. The van der Waals surface area contributed by atoms with Crippen LogP contribution >= 0.6 is 0 Å². The van der Waals surface area contributed by atoms with Gasteiger partial charge in [0.25, 0.3) is 0 Å². The highest BCUT2D eigenvalue weighted by atomic mass is 19.4. The Labute approximate surface area is 185 Å². The summed E-state index contributed by atoms with van der Waals surface area (Å²) in [6.45, 7) is 9.19. The molecule has 32 heavy (non-hydrogen) atoms. The smallest absolute Gasteiger partial charge is 0.411 e. The number of carbonyl (C=O) groups excluding carboxylic acids is 1. The van der Waals surface area contributed by atoms with E-state index in [9.17, 15) is 22.4 Å². The summed E-state index contributed by atoms with van der Waals surface area (Å²) in [5, 5.41) is 2.84. The van der Waals surface area contributed by atoms with Gasteiger partial charge in [0.2, 0.25) is 11.8 Å². The van der Waals surface area contributed by atoms with Crippen LogP contribution in [0.3, 0.4) is 0 Å². The van der Waals surface area contributed by atoms with E-state index in [0.29, 0.717) is 30.0 Å². The Balaban J connectivity index is 1.87. The first-order valence-corrected chi connectivity index (χ1v) is 10.3. The van der Waals surface area contributed by atoms with Gasteiger partial charge in [-0.15, -0.1) is 0 Å². The Morgan fingerprint density at radius 3 is 2.59 bits per heavy atom. The molecule has 10 heteroatoms. The number of alkyl halides is 4. The fourth-order valence-electron chi connectivity index (χ4n) is 3.04. The van der Waals surface area contributed by atoms with Gasteiger partial charge in [0.1, 0.15) is 19.8 Å². The minimum Gasteiger partial charge on any atom is -0.476 e. The normalized spacial score (nSPS) is 24.5. The zero-order valence-electron chi connectivity index (χ0n) is 18.3. The second kappa shape index (κ2) is 10.9. The molecule has 1 amide bonds. The van der Waals surface area contributed by atoms with E-state index in [-0.39, 0.29) is 25.6 Å². The maximum absolute atomic E-state index is 13.8. The van der Waals surface area contributed by atoms with Crippen molar-refractivity contribution in [2.45, 2.75) is 50.7 Å². The molecule has 0 spiro atoms. The average molecular weight is 459 g/mol. The van der Waals surface area contributed by atoms with Gasteiger partial charge >= 0.3 is 6.18 Å². The number of halogens is 4. The Morgan fingerprint density at radius 2 is 2.00 bits per heavy atom. The lowest BCUT2D eigenvalue weighted by Crippen LogP contribution is -2.44. The van der Waals surface area contributed by atoms with Crippen molar-refractivity contribution in [1.82, 2.24) is 5.32 Å². The van der Waals surface area contributed by atoms with E-state index >= 15 is 0 Å². The topological polar surface area (TPSA) is 72.3 Å². The zero-order valence-corrected chi connectivity index (χ0v) is 18.3. The fraction of sp³-hybridized carbons (Fsp3) is 0.591. The van der Waals surface area contributed by atoms with Crippen molar-refractivity contribution in [2.24, 2.45) is 15.9 Å². The van der Waals surface area contributed by atoms with Gasteiger partial charge in [-0.25, -0.2) is 9.38 Å². The molecule has 0 saturated heterocycles. The van der Waals surface area contributed by atoms with Gasteiger partial charge in [-0.05, 0) is 26.7 Å². The van der Waals surface area contributed by atoms with Crippen molar-refractivity contribution in [3.8, 4) is 0 Å². The largest absolute Gasteiger partial charge is 0.476 e. The van der Waals surface area contributed by atoms with Crippen LogP contribution in [0.2, 0.25) is 0 Å². The highest BCUT2D eigenvalue weighted by molar-refractivity contribution is 5.99. The molecule has 1 aliphatic heterocycles. The molecule has 1 N–H and O–H groups in total. The minimum atomic E-state index is -4.41. The van der Waals surface area contributed by atoms with Crippen molar-refractivity contribution in [3.05, 3.63) is 37.0 Å². The summed E-state index contributed by atoms with van der Waals surface area (Å²) in [6, 6.07) is -0.422. The number of ether oxygens (including phenoxy) is 2. The molecule has 0 aromatic heterocycles. The molecule has 1 aliphatic carbocycles. The first kappa shape index (κ1) is 25.8. The third kappa shape index (κ3) is 8.22. The van der Waals surface area contributed by atoms with Gasteiger partial charge in [-0.3, -0.25) is 9.79 Å². The molecule has 4 unspecified atom stereocenters. The molecule has 1 heterocycles. The molecule has 2 rings (SSSR count). The van der Waals surface area contributed by atoms with Gasteiger partial charge < -0.3 is 14.8 Å². The molecular weight excluding hydrogens is 430 g/mol. The summed E-state index contributed by atoms with van der Waals surface area (Å²) in [4.78, 5) is 21.3. The van der Waals surface area contributed by atoms with E-state index in [1.165, 1.54) is 19.1 Å². The Hall–Kier alpha value is -2.49. The van der Waals surface area contributed by atoms with E-state index in [1.54, 1.807) is 6.92 Å². The van der Waals surface area contributed by atoms with Gasteiger partial charge in [-0.2, -0.15) is 13.2 Å². The summed E-state index contributed by atoms with van der Waals surface area (Å²) in [7, 11) is 0. The second-order valence-corrected chi connectivity index (χ2v) is 8.04. The lowest BCUT2D eigenvalue weighted by molar-refractivity contribution is -0.181. The number of nitrogens with one attached hydrogen (secondary N) is 1. The van der Waals surface area contributed by atoms with E-state index in [2.05, 4.69) is 28.5 Å². The average Bonchev–Trinajstić information content (AvgIpc) is 2.92. The highest BCUT2D eigenvalue weighted by Crippen LogP contribution is 2.25. The van der Waals surface area contributed by atoms with Crippen molar-refractivity contribution in [2.75, 3.05) is 26.3 Å². The first-order chi connectivity index (χ1) is 14.9. The first-order valence-electron chi connectivity index (χ1n) is 10.3. The Morgan fingerprint density at radius 1 is 1.28 bits per heavy atom. The number of aliphatic imine (C=N–C) groups is 2. The van der Waals surface area contributed by atoms with Crippen molar-refractivity contribution in [3.63, 3.8) is 0 Å². The van der Waals surface area contributed by atoms with Gasteiger partial charge in [0, 0.05) is 0 Å². The third-order valence-electron chi connectivity index (χ3n) is 5.09. The molecule has 178 valence electrons. The van der Waals surface area contributed by atoms with Crippen LogP contribution in [0.25, 0.3) is 0 Å². The van der Waals surface area contributed by atoms with Crippen LogP contribution in [0.15, 0.2) is 46.9 Å². The summed E-state index contributed by atoms with van der Waals surface area (Å²) in [6.07, 6.45) is -0.292. The number of nitrogens with zero attached hydrogens (tertiary/aromatic N) is 2. The summed E-state index contributed by atoms with van der Waals surface area (Å²) >= 11 is 0. The monoisotopic (exact) mass is 459 g/mol. The number of hydrogen-bond donors (Lipinski definition) is 1. The SMILES string of the molecule is C=CC(C)(F)COC1=NCC(C(C)NC(=O)C2C=CC(OCC(F)(F)F)CCC2=C)=NC1. The van der Waals surface area contributed by atoms with Gasteiger partial charge in [0.05, 0.1) is 30.3 Å². The maximum atomic E-state index is 13.8. The maximum Gasteiger partial charge on any atom is 0.411 e. The van der Waals surface area contributed by atoms with Gasteiger partial charge in [-0.1, -0.05) is 37.0 Å². The molecule has 0 radical (unpaired) electrons. The number of carbonyl (C=O) groups is 1. The zero-order chi connectivity index (χ0) is 23.9. The summed E-state index contributed by atoms with van der Waals surface area (Å²) < 4.78 is 61.1. The number of hydrogen-bond acceptors (Lipinski definition) is 5. The van der Waals surface area contributed by atoms with Crippen molar-refractivity contribution >= 4 is 17.5 Å². The lowest BCUT2D eigenvalue weighted by atomic mass is 9.96. The standard InChI is InChI=1S/C22H29F4N3O3/c1-5-21(4,23)12-32-19-11-27-18(10-28-19)15(3)29-20(30)17-9-8-16(7-6-14(17)2)31-13-22(24,25)26/h5,8-9,15-17H,1-2,6-7,10-13H2,3-4H3,(H,29,30). The van der Waals surface area contributed by atoms with Crippen molar-refractivity contribution < 1.29 is 31.8 Å². The molecule has 0 aromatic rings. The molecule has 0 bridgehead atoms. The molecule has 0 fully saturated rings. The van der Waals surface area contributed by atoms with Gasteiger partial charge in [0.15, 0.2) is 5.67 Å². The van der Waals surface area contributed by atoms with Crippen LogP contribution in [0, 0.1) is 5.92 Å². The second-order valence-electron chi connectivity index (χ2n) is 8.04. The molecule has 0 saturated carbocycles. The quantitative estimate of drug-likeness (QED) is 0.444. The number of amides is 1. The van der Waals surface area contributed by atoms with Crippen LogP contribution in [-0.2, 0) is 14.3 Å². The predicted molar refractivity (Wildman–Crippen MR) is 115 cm³/mol. The molecular formula is C22H29F4N3O3. The highest BCUT2D eigenvalue weighted by Gasteiger charge is 2.31. The van der Waals surface area contributed by atoms with E-state index < -0.39 is 36.5 Å². The van der Waals surface area contributed by atoms with Crippen LogP contribution in [0.1, 0.15) is 26.7 Å². The van der Waals surface area contributed by atoms with Crippen LogP contribution in [-0.4, -0.2) is 67.8 Å². The van der Waals surface area contributed by atoms with Crippen LogP contribution < -0.4 is 5.32 Å². The predicted octanol–water partition coefficient (Wildman–Crippen LogP) is 3.74. The van der Waals surface area contributed by atoms with Crippen molar-refractivity contribution in [1.29, 1.82) is 0 Å². The molecule has 2 aliphatic rings. The molecule has 4 atom stereocenters. The fourth-order valence-corrected chi connectivity index (χ4v) is 3.04. The molecule has 0 aromatic carbocycles. The van der Waals surface area contributed by atoms with E-state index in [0.717, 1.165) is 6.08 Å². The Kier molecular flexibility index (Phi) is 8.77. The van der Waals surface area contributed by atoms with Crippen LogP contribution in [0.4, 0.5) is 17.6 Å². The summed E-state index contributed by atoms with van der Waals surface area (Å²) in [5.74, 6) is -0.698. The minimum absolute atomic E-state index is 0.136. The molecule has 6 nitrogen and oxygen atoms in total. The third-order valence-corrected chi connectivity index (χ3v) is 5.09. The van der Waals surface area contributed by atoms with E-state index in [1.807, 2.05) is 0 Å². The number of rotatable bonds is 8. The summed E-state index contributed by atoms with van der Waals surface area (Å²) in [5.41, 5.74) is -0.439. The lowest BCUT2D eigenvalue weighted by Gasteiger charge is -2.23.